The summed E-state index contributed by atoms with van der Waals surface area (Å²) in [4.78, 5) is 30.7. The van der Waals surface area contributed by atoms with Crippen LogP contribution in [0.15, 0.2) is 48.8 Å². The van der Waals surface area contributed by atoms with Crippen molar-refractivity contribution in [1.82, 2.24) is 9.88 Å². The zero-order valence-corrected chi connectivity index (χ0v) is 14.0. The zero-order chi connectivity index (χ0) is 16.9. The van der Waals surface area contributed by atoms with Crippen molar-refractivity contribution in [2.45, 2.75) is 6.04 Å². The molecular weight excluding hydrogens is 326 g/mol. The van der Waals surface area contributed by atoms with Gasteiger partial charge in [0.05, 0.1) is 18.6 Å². The van der Waals surface area contributed by atoms with E-state index in [4.69, 9.17) is 4.74 Å². The van der Waals surface area contributed by atoms with E-state index in [0.29, 0.717) is 22.9 Å². The Hall–Kier alpha value is -2.54. The minimum Gasteiger partial charge on any atom is -0.497 e. The van der Waals surface area contributed by atoms with Gasteiger partial charge in [0, 0.05) is 23.8 Å². The second kappa shape index (κ2) is 7.35. The summed E-state index contributed by atoms with van der Waals surface area (Å²) >= 11 is 1.56. The molecule has 3 rings (SSSR count). The number of thioether (sulfide) groups is 1. The maximum Gasteiger partial charge on any atom is 0.256 e. The molecule has 1 aromatic carbocycles. The average Bonchev–Trinajstić information content (AvgIpc) is 3.12. The highest BCUT2D eigenvalue weighted by atomic mass is 32.2. The number of carbonyl (C=O) groups excluding carboxylic acids is 2. The maximum atomic E-state index is 12.6. The molecule has 0 radical (unpaired) electrons. The Morgan fingerprint density at radius 2 is 2.08 bits per heavy atom. The number of carbonyl (C=O) groups is 2. The Labute approximate surface area is 144 Å². The number of aromatic nitrogens is 1. The van der Waals surface area contributed by atoms with Gasteiger partial charge in [0.15, 0.2) is 0 Å². The fourth-order valence-corrected chi connectivity index (χ4v) is 3.57. The van der Waals surface area contributed by atoms with Crippen LogP contribution in [0.4, 0.5) is 5.69 Å². The first-order valence-corrected chi connectivity index (χ1v) is 8.58. The van der Waals surface area contributed by atoms with Gasteiger partial charge in [-0.05, 0) is 36.4 Å². The van der Waals surface area contributed by atoms with Gasteiger partial charge in [-0.25, -0.2) is 0 Å². The quantitative estimate of drug-likeness (QED) is 0.922. The average molecular weight is 343 g/mol. The lowest BCUT2D eigenvalue weighted by molar-refractivity contribution is -0.119. The summed E-state index contributed by atoms with van der Waals surface area (Å²) in [6, 6.07) is 10.0. The van der Waals surface area contributed by atoms with Gasteiger partial charge >= 0.3 is 0 Å². The topological polar surface area (TPSA) is 71.5 Å². The number of amides is 2. The summed E-state index contributed by atoms with van der Waals surface area (Å²) in [7, 11) is 1.59. The Balaban J connectivity index is 1.70. The predicted octanol–water partition coefficient (Wildman–Crippen LogP) is 2.24. The molecule has 0 bridgehead atoms. The number of pyridine rings is 1. The van der Waals surface area contributed by atoms with Crippen molar-refractivity contribution in [3.05, 3.63) is 54.4 Å². The van der Waals surface area contributed by atoms with Crippen LogP contribution in [0.2, 0.25) is 0 Å². The fraction of sp³-hybridized carbons (Fsp3) is 0.235. The third-order valence-electron chi connectivity index (χ3n) is 3.71. The van der Waals surface area contributed by atoms with Gasteiger partial charge in [0.1, 0.15) is 11.8 Å². The molecule has 2 heterocycles. The van der Waals surface area contributed by atoms with Crippen molar-refractivity contribution in [1.29, 1.82) is 0 Å². The van der Waals surface area contributed by atoms with Crippen molar-refractivity contribution >= 4 is 29.3 Å². The third-order valence-corrected chi connectivity index (χ3v) is 4.72. The first kappa shape index (κ1) is 16.3. The fourth-order valence-electron chi connectivity index (χ4n) is 2.42. The number of benzene rings is 1. The van der Waals surface area contributed by atoms with E-state index in [1.54, 1.807) is 66.4 Å². The number of anilines is 1. The van der Waals surface area contributed by atoms with Crippen LogP contribution in [-0.2, 0) is 4.79 Å². The minimum absolute atomic E-state index is 0.178. The third kappa shape index (κ3) is 3.51. The molecule has 124 valence electrons. The predicted molar refractivity (Wildman–Crippen MR) is 93.1 cm³/mol. The Morgan fingerprint density at radius 1 is 1.29 bits per heavy atom. The van der Waals surface area contributed by atoms with Gasteiger partial charge in [-0.15, -0.1) is 11.8 Å². The summed E-state index contributed by atoms with van der Waals surface area (Å²) in [6.07, 6.45) is 3.13. The molecule has 1 aliphatic rings. The normalized spacial score (nSPS) is 16.7. The van der Waals surface area contributed by atoms with E-state index in [9.17, 15) is 9.59 Å². The molecule has 0 saturated carbocycles. The highest BCUT2D eigenvalue weighted by molar-refractivity contribution is 7.99. The van der Waals surface area contributed by atoms with Crippen molar-refractivity contribution in [2.75, 3.05) is 24.1 Å². The van der Waals surface area contributed by atoms with Crippen LogP contribution in [0.5, 0.6) is 5.75 Å². The van der Waals surface area contributed by atoms with Crippen molar-refractivity contribution in [2.24, 2.45) is 0 Å². The standard InChI is InChI=1S/C17H17N3O3S/c1-23-14-6-4-13(5-7-14)19-16(21)15-10-24-11-20(15)17(22)12-3-2-8-18-9-12/h2-9,15H,10-11H2,1H3,(H,19,21)/t15-/m1/s1. The van der Waals surface area contributed by atoms with E-state index in [1.807, 2.05) is 0 Å². The smallest absolute Gasteiger partial charge is 0.256 e. The second-order valence-corrected chi connectivity index (χ2v) is 6.25. The summed E-state index contributed by atoms with van der Waals surface area (Å²) in [5.41, 5.74) is 1.16. The molecule has 0 unspecified atom stereocenters. The zero-order valence-electron chi connectivity index (χ0n) is 13.1. The lowest BCUT2D eigenvalue weighted by Crippen LogP contribution is -2.44. The van der Waals surface area contributed by atoms with Crippen LogP contribution in [0.1, 0.15) is 10.4 Å². The van der Waals surface area contributed by atoms with E-state index in [2.05, 4.69) is 10.3 Å². The molecule has 24 heavy (non-hydrogen) atoms. The van der Waals surface area contributed by atoms with Crippen LogP contribution in [0, 0.1) is 0 Å². The highest BCUT2D eigenvalue weighted by Crippen LogP contribution is 2.24. The molecule has 1 aromatic heterocycles. The molecule has 1 atom stereocenters. The van der Waals surface area contributed by atoms with Crippen molar-refractivity contribution < 1.29 is 14.3 Å². The number of methoxy groups -OCH3 is 1. The number of nitrogens with one attached hydrogen (secondary N) is 1. The SMILES string of the molecule is COc1ccc(NC(=O)[C@H]2CSCN2C(=O)c2cccnc2)cc1. The lowest BCUT2D eigenvalue weighted by atomic mass is 10.2. The number of hydrogen-bond donors (Lipinski definition) is 1. The molecule has 2 aromatic rings. The van der Waals surface area contributed by atoms with E-state index in [0.717, 1.165) is 5.75 Å². The lowest BCUT2D eigenvalue weighted by Gasteiger charge is -2.23. The number of nitrogens with zero attached hydrogens (tertiary/aromatic N) is 2. The van der Waals surface area contributed by atoms with Crippen LogP contribution < -0.4 is 10.1 Å². The van der Waals surface area contributed by atoms with Gasteiger partial charge < -0.3 is 15.0 Å². The summed E-state index contributed by atoms with van der Waals surface area (Å²) < 4.78 is 5.10. The highest BCUT2D eigenvalue weighted by Gasteiger charge is 2.35. The Kier molecular flexibility index (Phi) is 5.00. The Morgan fingerprint density at radius 3 is 2.75 bits per heavy atom. The van der Waals surface area contributed by atoms with Crippen LogP contribution in [-0.4, -0.2) is 46.5 Å². The van der Waals surface area contributed by atoms with Gasteiger partial charge in [0.25, 0.3) is 5.91 Å². The van der Waals surface area contributed by atoms with E-state index >= 15 is 0 Å². The molecule has 1 saturated heterocycles. The van der Waals surface area contributed by atoms with E-state index < -0.39 is 6.04 Å². The summed E-state index contributed by atoms with van der Waals surface area (Å²) in [5, 5.41) is 2.85. The molecule has 0 spiro atoms. The van der Waals surface area contributed by atoms with Gasteiger partial charge in [-0.2, -0.15) is 0 Å². The van der Waals surface area contributed by atoms with Crippen molar-refractivity contribution in [3.8, 4) is 5.75 Å². The molecule has 7 heteroatoms. The molecule has 1 aliphatic heterocycles. The van der Waals surface area contributed by atoms with E-state index in [-0.39, 0.29) is 11.8 Å². The molecular formula is C17H17N3O3S. The second-order valence-electron chi connectivity index (χ2n) is 5.25. The van der Waals surface area contributed by atoms with Gasteiger partial charge in [-0.3, -0.25) is 14.6 Å². The maximum absolute atomic E-state index is 12.6. The molecule has 0 aliphatic carbocycles. The first-order chi connectivity index (χ1) is 11.7. The monoisotopic (exact) mass is 343 g/mol. The number of rotatable bonds is 4. The van der Waals surface area contributed by atoms with Gasteiger partial charge in [0.2, 0.25) is 5.91 Å². The molecule has 2 amide bonds. The van der Waals surface area contributed by atoms with Crippen LogP contribution in [0.25, 0.3) is 0 Å². The van der Waals surface area contributed by atoms with E-state index in [1.165, 1.54) is 6.20 Å². The number of hydrogen-bond acceptors (Lipinski definition) is 5. The van der Waals surface area contributed by atoms with Crippen molar-refractivity contribution in [3.63, 3.8) is 0 Å². The summed E-state index contributed by atoms with van der Waals surface area (Å²) in [6.45, 7) is 0. The van der Waals surface area contributed by atoms with Gasteiger partial charge in [-0.1, -0.05) is 0 Å². The largest absolute Gasteiger partial charge is 0.497 e. The molecule has 6 nitrogen and oxygen atoms in total. The first-order valence-electron chi connectivity index (χ1n) is 7.42. The number of ether oxygens (including phenoxy) is 1. The minimum atomic E-state index is -0.496. The molecule has 1 fully saturated rings. The van der Waals surface area contributed by atoms with Crippen LogP contribution in [0.3, 0.4) is 0 Å². The molecule has 1 N–H and O–H groups in total. The Bertz CT molecular complexity index is 722. The van der Waals surface area contributed by atoms with Crippen LogP contribution >= 0.6 is 11.8 Å². The summed E-state index contributed by atoms with van der Waals surface area (Å²) in [5.74, 6) is 1.42.